The van der Waals surface area contributed by atoms with Crippen LogP contribution in [0.2, 0.25) is 0 Å². The first-order valence-electron chi connectivity index (χ1n) is 11.4. The van der Waals surface area contributed by atoms with Gasteiger partial charge in [-0.1, -0.05) is 30.3 Å². The van der Waals surface area contributed by atoms with Crippen molar-refractivity contribution >= 4 is 11.8 Å². The molecule has 2 aromatic heterocycles. The number of pyridine rings is 1. The fraction of sp³-hybridized carbons (Fsp3) is 0.400. The number of nitrogens with one attached hydrogen (secondary N) is 1. The highest BCUT2D eigenvalue weighted by molar-refractivity contribution is 5.85. The van der Waals surface area contributed by atoms with Crippen molar-refractivity contribution in [1.29, 1.82) is 0 Å². The highest BCUT2D eigenvalue weighted by Gasteiger charge is 2.44. The topological polar surface area (TPSA) is 93.0 Å². The lowest BCUT2D eigenvalue weighted by Gasteiger charge is -2.42. The quantitative estimate of drug-likeness (QED) is 0.602. The maximum Gasteiger partial charge on any atom is 0.244 e. The van der Waals surface area contributed by atoms with Crippen molar-refractivity contribution in [2.75, 3.05) is 13.1 Å². The van der Waals surface area contributed by atoms with Crippen molar-refractivity contribution in [3.8, 4) is 11.1 Å². The zero-order valence-corrected chi connectivity index (χ0v) is 19.1. The molecule has 1 aromatic carbocycles. The maximum atomic E-state index is 13.6. The molecule has 1 aliphatic rings. The molecule has 3 aromatic rings. The molecule has 1 aliphatic heterocycles. The van der Waals surface area contributed by atoms with E-state index in [2.05, 4.69) is 32.5 Å². The summed E-state index contributed by atoms with van der Waals surface area (Å²) in [6, 6.07) is 12.1. The fourth-order valence-electron chi connectivity index (χ4n) is 4.57. The predicted octanol–water partition coefficient (Wildman–Crippen LogP) is 2.72. The third-order valence-corrected chi connectivity index (χ3v) is 6.11. The Labute approximate surface area is 194 Å². The van der Waals surface area contributed by atoms with Crippen LogP contribution in [0.1, 0.15) is 32.3 Å². The minimum Gasteiger partial charge on any atom is -0.353 e. The first-order chi connectivity index (χ1) is 16.0. The lowest BCUT2D eigenvalue weighted by molar-refractivity contribution is -0.142. The molecule has 8 heteroatoms. The van der Waals surface area contributed by atoms with Crippen molar-refractivity contribution in [2.24, 2.45) is 5.41 Å². The number of nitrogens with zero attached hydrogens (tertiary/aromatic N) is 5. The van der Waals surface area contributed by atoms with Crippen molar-refractivity contribution in [1.82, 2.24) is 30.0 Å². The van der Waals surface area contributed by atoms with Gasteiger partial charge < -0.3 is 10.2 Å². The summed E-state index contributed by atoms with van der Waals surface area (Å²) < 4.78 is 1.52. The number of hydrogen-bond acceptors (Lipinski definition) is 5. The molecule has 1 saturated heterocycles. The van der Waals surface area contributed by atoms with Crippen molar-refractivity contribution in [3.63, 3.8) is 0 Å². The third kappa shape index (κ3) is 5.27. The summed E-state index contributed by atoms with van der Waals surface area (Å²) in [6.45, 7) is 5.06. The summed E-state index contributed by atoms with van der Waals surface area (Å²) in [4.78, 5) is 36.6. The number of benzene rings is 1. The van der Waals surface area contributed by atoms with Gasteiger partial charge in [0.2, 0.25) is 11.8 Å². The molecule has 1 N–H and O–H groups in total. The molecule has 0 spiro atoms. The third-order valence-electron chi connectivity index (χ3n) is 6.11. The highest BCUT2D eigenvalue weighted by Crippen LogP contribution is 2.37. The first-order valence-corrected chi connectivity index (χ1v) is 11.4. The van der Waals surface area contributed by atoms with Crippen LogP contribution in [-0.4, -0.2) is 55.6 Å². The molecule has 0 radical (unpaired) electrons. The Kier molecular flexibility index (Phi) is 6.82. The number of carbonyl (C=O) groups is 2. The Morgan fingerprint density at radius 1 is 1.15 bits per heavy atom. The van der Waals surface area contributed by atoms with Crippen LogP contribution < -0.4 is 5.32 Å². The Morgan fingerprint density at radius 2 is 2.00 bits per heavy atom. The van der Waals surface area contributed by atoms with Crippen LogP contribution in [0.5, 0.6) is 0 Å². The predicted molar refractivity (Wildman–Crippen MR) is 125 cm³/mol. The van der Waals surface area contributed by atoms with Crippen LogP contribution in [0, 0.1) is 5.41 Å². The minimum absolute atomic E-state index is 0.00301. The number of piperidine rings is 1. The van der Waals surface area contributed by atoms with Gasteiger partial charge in [0, 0.05) is 37.1 Å². The second kappa shape index (κ2) is 9.94. The fourth-order valence-corrected chi connectivity index (χ4v) is 4.57. The SMILES string of the molecule is CC(C)NC(=O)[C@@]1(Cc2ccccc2-c2cccnc2)CCCN(C(=O)Cn2cncn2)C1. The summed E-state index contributed by atoms with van der Waals surface area (Å²) in [5.41, 5.74) is 2.45. The largest absolute Gasteiger partial charge is 0.353 e. The maximum absolute atomic E-state index is 13.6. The summed E-state index contributed by atoms with van der Waals surface area (Å²) in [5, 5.41) is 7.17. The molecule has 4 rings (SSSR count). The minimum atomic E-state index is -0.709. The molecule has 33 heavy (non-hydrogen) atoms. The molecule has 172 valence electrons. The van der Waals surface area contributed by atoms with Gasteiger partial charge in [-0.25, -0.2) is 9.67 Å². The smallest absolute Gasteiger partial charge is 0.244 e. The van der Waals surface area contributed by atoms with Crippen molar-refractivity contribution in [3.05, 3.63) is 67.0 Å². The number of hydrogen-bond donors (Lipinski definition) is 1. The van der Waals surface area contributed by atoms with E-state index >= 15 is 0 Å². The molecule has 8 nitrogen and oxygen atoms in total. The molecule has 3 heterocycles. The molecule has 1 atom stereocenters. The van der Waals surface area contributed by atoms with Gasteiger partial charge in [0.1, 0.15) is 19.2 Å². The zero-order chi connectivity index (χ0) is 23.3. The first kappa shape index (κ1) is 22.6. The van der Waals surface area contributed by atoms with Gasteiger partial charge in [-0.15, -0.1) is 0 Å². The van der Waals surface area contributed by atoms with Gasteiger partial charge in [-0.3, -0.25) is 14.6 Å². The van der Waals surface area contributed by atoms with Crippen molar-refractivity contribution < 1.29 is 9.59 Å². The van der Waals surface area contributed by atoms with Gasteiger partial charge >= 0.3 is 0 Å². The van der Waals surface area contributed by atoms with Gasteiger partial charge in [-0.05, 0) is 50.3 Å². The summed E-state index contributed by atoms with van der Waals surface area (Å²) in [5.74, 6) is -0.0563. The molecule has 2 amide bonds. The van der Waals surface area contributed by atoms with Crippen LogP contribution in [0.3, 0.4) is 0 Å². The van der Waals surface area contributed by atoms with Crippen LogP contribution in [-0.2, 0) is 22.6 Å². The molecule has 0 saturated carbocycles. The lowest BCUT2D eigenvalue weighted by Crippen LogP contribution is -2.56. The Balaban J connectivity index is 1.64. The van der Waals surface area contributed by atoms with Gasteiger partial charge in [0.25, 0.3) is 0 Å². The second-order valence-corrected chi connectivity index (χ2v) is 9.00. The molecular weight excluding hydrogens is 416 g/mol. The second-order valence-electron chi connectivity index (χ2n) is 9.00. The van der Waals surface area contributed by atoms with E-state index in [0.717, 1.165) is 29.5 Å². The van der Waals surface area contributed by atoms with E-state index in [1.54, 1.807) is 11.1 Å². The molecule has 1 fully saturated rings. The number of aromatic nitrogens is 4. The Morgan fingerprint density at radius 3 is 2.73 bits per heavy atom. The standard InChI is InChI=1S/C25H30N6O2/c1-19(2)29-24(33)25(10-6-12-30(16-25)23(32)15-31-18-27-17-28-31)13-20-7-3-4-9-22(20)21-8-5-11-26-14-21/h3-5,7-9,11,14,17-19H,6,10,12-13,15-16H2,1-2H3,(H,29,33)/t25-/m1/s1. The summed E-state index contributed by atoms with van der Waals surface area (Å²) in [7, 11) is 0. The van der Waals surface area contributed by atoms with E-state index in [1.165, 1.54) is 17.3 Å². The van der Waals surface area contributed by atoms with E-state index in [-0.39, 0.29) is 24.4 Å². The summed E-state index contributed by atoms with van der Waals surface area (Å²) in [6.07, 6.45) is 8.58. The Bertz CT molecular complexity index is 1080. The van der Waals surface area contributed by atoms with E-state index < -0.39 is 5.41 Å². The average Bonchev–Trinajstić information content (AvgIpc) is 3.33. The number of likely N-dealkylation sites (tertiary alicyclic amines) is 1. The number of rotatable bonds is 7. The lowest BCUT2D eigenvalue weighted by atomic mass is 9.73. The molecule has 0 bridgehead atoms. The van der Waals surface area contributed by atoms with Gasteiger partial charge in [-0.2, -0.15) is 5.10 Å². The van der Waals surface area contributed by atoms with Gasteiger partial charge in [0.05, 0.1) is 5.41 Å². The average molecular weight is 447 g/mol. The molecule has 0 aliphatic carbocycles. The molecule has 0 unspecified atom stereocenters. The van der Waals surface area contributed by atoms with Crippen LogP contribution in [0.4, 0.5) is 0 Å². The van der Waals surface area contributed by atoms with Crippen LogP contribution in [0.25, 0.3) is 11.1 Å². The van der Waals surface area contributed by atoms with Crippen LogP contribution >= 0.6 is 0 Å². The number of carbonyl (C=O) groups excluding carboxylic acids is 2. The monoisotopic (exact) mass is 446 g/mol. The van der Waals surface area contributed by atoms with E-state index in [1.807, 2.05) is 44.3 Å². The van der Waals surface area contributed by atoms with Gasteiger partial charge in [0.15, 0.2) is 0 Å². The van der Waals surface area contributed by atoms with E-state index in [0.29, 0.717) is 19.5 Å². The zero-order valence-electron chi connectivity index (χ0n) is 19.1. The van der Waals surface area contributed by atoms with Crippen LogP contribution in [0.15, 0.2) is 61.4 Å². The molecular formula is C25H30N6O2. The van der Waals surface area contributed by atoms with Crippen molar-refractivity contribution in [2.45, 2.75) is 45.7 Å². The Hall–Kier alpha value is -3.55. The van der Waals surface area contributed by atoms with E-state index in [4.69, 9.17) is 0 Å². The highest BCUT2D eigenvalue weighted by atomic mass is 16.2. The summed E-state index contributed by atoms with van der Waals surface area (Å²) >= 11 is 0. The normalized spacial score (nSPS) is 18.3. The number of amides is 2. The van der Waals surface area contributed by atoms with E-state index in [9.17, 15) is 9.59 Å².